The van der Waals surface area contributed by atoms with Gasteiger partial charge < -0.3 is 10.2 Å². The highest BCUT2D eigenvalue weighted by atomic mass is 79.9. The normalized spacial score (nSPS) is 15.1. The second-order valence-corrected chi connectivity index (χ2v) is 8.37. The van der Waals surface area contributed by atoms with Crippen LogP contribution in [0.4, 0.5) is 0 Å². The molecule has 3 rings (SSSR count). The van der Waals surface area contributed by atoms with E-state index in [2.05, 4.69) is 26.2 Å². The Labute approximate surface area is 165 Å². The minimum atomic E-state index is 0.00767. The maximum absolute atomic E-state index is 12.6. The molecule has 1 saturated heterocycles. The molecule has 7 heteroatoms. The van der Waals surface area contributed by atoms with Crippen molar-refractivity contribution in [2.75, 3.05) is 19.6 Å². The van der Waals surface area contributed by atoms with Crippen molar-refractivity contribution in [1.82, 2.24) is 15.2 Å². The monoisotopic (exact) mass is 435 g/mol. The van der Waals surface area contributed by atoms with E-state index in [1.165, 1.54) is 6.92 Å². The van der Waals surface area contributed by atoms with Crippen LogP contribution < -0.4 is 5.32 Å². The summed E-state index contributed by atoms with van der Waals surface area (Å²) >= 11 is 5.04. The Kier molecular flexibility index (Phi) is 6.43. The number of aromatic nitrogens is 1. The molecular formula is C19H22BrN3O2S. The van der Waals surface area contributed by atoms with Gasteiger partial charge >= 0.3 is 0 Å². The Hall–Kier alpha value is -1.73. The molecule has 1 aliphatic rings. The highest BCUT2D eigenvalue weighted by Crippen LogP contribution is 2.26. The van der Waals surface area contributed by atoms with E-state index in [1.54, 1.807) is 11.3 Å². The first-order chi connectivity index (χ1) is 12.5. The number of carbonyl (C=O) groups excluding carboxylic acids is 2. The second-order valence-electron chi connectivity index (χ2n) is 6.59. The van der Waals surface area contributed by atoms with E-state index in [4.69, 9.17) is 0 Å². The first kappa shape index (κ1) is 19.0. The molecule has 0 atom stereocenters. The van der Waals surface area contributed by atoms with E-state index in [-0.39, 0.29) is 11.8 Å². The van der Waals surface area contributed by atoms with Gasteiger partial charge in [-0.15, -0.1) is 11.3 Å². The summed E-state index contributed by atoms with van der Waals surface area (Å²) in [6, 6.07) is 8.02. The summed E-state index contributed by atoms with van der Waals surface area (Å²) < 4.78 is 1.02. The van der Waals surface area contributed by atoms with Gasteiger partial charge in [0.25, 0.3) is 0 Å². The molecule has 2 aromatic rings. The lowest BCUT2D eigenvalue weighted by Crippen LogP contribution is -2.41. The number of likely N-dealkylation sites (tertiary alicyclic amines) is 1. The van der Waals surface area contributed by atoms with Crippen LogP contribution in [-0.2, 0) is 16.0 Å². The topological polar surface area (TPSA) is 62.3 Å². The van der Waals surface area contributed by atoms with Gasteiger partial charge in [0.1, 0.15) is 5.01 Å². The molecule has 138 valence electrons. The van der Waals surface area contributed by atoms with E-state index in [9.17, 15) is 9.59 Å². The molecule has 0 radical (unpaired) electrons. The Morgan fingerprint density at radius 2 is 2.12 bits per heavy atom. The second kappa shape index (κ2) is 8.77. The summed E-state index contributed by atoms with van der Waals surface area (Å²) in [6.45, 7) is 3.76. The molecule has 2 amide bonds. The molecule has 26 heavy (non-hydrogen) atoms. The molecule has 0 spiro atoms. The Bertz CT molecular complexity index is 785. The summed E-state index contributed by atoms with van der Waals surface area (Å²) in [7, 11) is 0. The average molecular weight is 436 g/mol. The maximum Gasteiger partial charge on any atom is 0.228 e. The van der Waals surface area contributed by atoms with Crippen LogP contribution in [0, 0.1) is 5.92 Å². The van der Waals surface area contributed by atoms with Crippen molar-refractivity contribution in [3.8, 4) is 10.6 Å². The molecular weight excluding hydrogens is 414 g/mol. The molecule has 5 nitrogen and oxygen atoms in total. The van der Waals surface area contributed by atoms with Crippen molar-refractivity contribution in [3.63, 3.8) is 0 Å². The summed E-state index contributed by atoms with van der Waals surface area (Å²) in [5, 5.41) is 5.77. The van der Waals surface area contributed by atoms with Gasteiger partial charge in [0.2, 0.25) is 11.8 Å². The SMILES string of the molecule is CC(=O)NCC1CCN(C(=O)Cc2csc(-c3cccc(Br)c3)n2)CC1. The van der Waals surface area contributed by atoms with Crippen molar-refractivity contribution >= 4 is 39.1 Å². The number of carbonyl (C=O) groups is 2. The van der Waals surface area contributed by atoms with Crippen LogP contribution in [0.25, 0.3) is 10.6 Å². The zero-order valence-corrected chi connectivity index (χ0v) is 17.1. The van der Waals surface area contributed by atoms with Crippen molar-refractivity contribution in [2.24, 2.45) is 5.92 Å². The number of hydrogen-bond acceptors (Lipinski definition) is 4. The summed E-state index contributed by atoms with van der Waals surface area (Å²) in [4.78, 5) is 30.1. The van der Waals surface area contributed by atoms with Crippen LogP contribution >= 0.6 is 27.3 Å². The van der Waals surface area contributed by atoms with Crippen LogP contribution in [0.2, 0.25) is 0 Å². The number of nitrogens with zero attached hydrogens (tertiary/aromatic N) is 2. The van der Waals surface area contributed by atoms with Crippen molar-refractivity contribution in [1.29, 1.82) is 0 Å². The van der Waals surface area contributed by atoms with Gasteiger partial charge in [-0.1, -0.05) is 28.1 Å². The number of nitrogens with one attached hydrogen (secondary N) is 1. The molecule has 1 aromatic carbocycles. The first-order valence-corrected chi connectivity index (χ1v) is 10.4. The van der Waals surface area contributed by atoms with Gasteiger partial charge in [0, 0.05) is 42.0 Å². The predicted molar refractivity (Wildman–Crippen MR) is 107 cm³/mol. The highest BCUT2D eigenvalue weighted by Gasteiger charge is 2.23. The van der Waals surface area contributed by atoms with Gasteiger partial charge in [0.05, 0.1) is 12.1 Å². The van der Waals surface area contributed by atoms with Crippen LogP contribution in [0.15, 0.2) is 34.1 Å². The van der Waals surface area contributed by atoms with Crippen LogP contribution in [0.3, 0.4) is 0 Å². The number of amides is 2. The third-order valence-corrected chi connectivity index (χ3v) is 6.00. The van der Waals surface area contributed by atoms with Gasteiger partial charge in [-0.05, 0) is 30.9 Å². The lowest BCUT2D eigenvalue weighted by atomic mass is 9.96. The highest BCUT2D eigenvalue weighted by molar-refractivity contribution is 9.10. The van der Waals surface area contributed by atoms with E-state index >= 15 is 0 Å². The lowest BCUT2D eigenvalue weighted by Gasteiger charge is -2.32. The van der Waals surface area contributed by atoms with E-state index in [0.29, 0.717) is 18.9 Å². The van der Waals surface area contributed by atoms with Crippen molar-refractivity contribution in [2.45, 2.75) is 26.2 Å². The summed E-state index contributed by atoms with van der Waals surface area (Å²) in [5.41, 5.74) is 1.89. The van der Waals surface area contributed by atoms with E-state index in [0.717, 1.165) is 46.7 Å². The lowest BCUT2D eigenvalue weighted by molar-refractivity contribution is -0.132. The summed E-state index contributed by atoms with van der Waals surface area (Å²) in [5.74, 6) is 0.604. The fourth-order valence-electron chi connectivity index (χ4n) is 3.08. The first-order valence-electron chi connectivity index (χ1n) is 8.74. The quantitative estimate of drug-likeness (QED) is 0.781. The van der Waals surface area contributed by atoms with Crippen LogP contribution in [0.1, 0.15) is 25.5 Å². The number of rotatable bonds is 5. The minimum Gasteiger partial charge on any atom is -0.356 e. The number of hydrogen-bond donors (Lipinski definition) is 1. The van der Waals surface area contributed by atoms with Crippen molar-refractivity contribution < 1.29 is 9.59 Å². The number of halogens is 1. The van der Waals surface area contributed by atoms with Gasteiger partial charge in [-0.2, -0.15) is 0 Å². The molecule has 0 bridgehead atoms. The Morgan fingerprint density at radius 3 is 2.81 bits per heavy atom. The molecule has 1 N–H and O–H groups in total. The predicted octanol–water partition coefficient (Wildman–Crippen LogP) is 3.49. The molecule has 1 fully saturated rings. The number of benzene rings is 1. The Morgan fingerprint density at radius 1 is 1.35 bits per heavy atom. The van der Waals surface area contributed by atoms with Gasteiger partial charge in [-0.25, -0.2) is 4.98 Å². The molecule has 0 unspecified atom stereocenters. The molecule has 0 saturated carbocycles. The smallest absolute Gasteiger partial charge is 0.228 e. The zero-order chi connectivity index (χ0) is 18.5. The maximum atomic E-state index is 12.6. The van der Waals surface area contributed by atoms with Crippen molar-refractivity contribution in [3.05, 3.63) is 39.8 Å². The van der Waals surface area contributed by atoms with Crippen LogP contribution in [-0.4, -0.2) is 41.3 Å². The van der Waals surface area contributed by atoms with Gasteiger partial charge in [0.15, 0.2) is 0 Å². The standard InChI is InChI=1S/C19H22BrN3O2S/c1-13(24)21-11-14-5-7-23(8-6-14)18(25)10-17-12-26-19(22-17)15-3-2-4-16(20)9-15/h2-4,9,12,14H,5-8,10-11H2,1H3,(H,21,24). The largest absolute Gasteiger partial charge is 0.356 e. The zero-order valence-electron chi connectivity index (χ0n) is 14.7. The number of thiazole rings is 1. The van der Waals surface area contributed by atoms with Crippen LogP contribution in [0.5, 0.6) is 0 Å². The van der Waals surface area contributed by atoms with E-state index in [1.807, 2.05) is 34.5 Å². The number of piperidine rings is 1. The third kappa shape index (κ3) is 5.14. The average Bonchev–Trinajstić information content (AvgIpc) is 3.09. The summed E-state index contributed by atoms with van der Waals surface area (Å²) in [6.07, 6.45) is 2.22. The fraction of sp³-hybridized carbons (Fsp3) is 0.421. The third-order valence-electron chi connectivity index (χ3n) is 4.56. The van der Waals surface area contributed by atoms with E-state index < -0.39 is 0 Å². The molecule has 1 aromatic heterocycles. The molecule has 2 heterocycles. The van der Waals surface area contributed by atoms with Gasteiger partial charge in [-0.3, -0.25) is 9.59 Å². The molecule has 0 aliphatic carbocycles. The Balaban J connectivity index is 1.52. The molecule has 1 aliphatic heterocycles. The minimum absolute atomic E-state index is 0.00767. The fourth-order valence-corrected chi connectivity index (χ4v) is 4.30.